The van der Waals surface area contributed by atoms with Crippen LogP contribution in [0.2, 0.25) is 0 Å². The van der Waals surface area contributed by atoms with Gasteiger partial charge in [0.15, 0.2) is 5.13 Å². The molecule has 23 heavy (non-hydrogen) atoms. The molecule has 1 saturated heterocycles. The Morgan fingerprint density at radius 2 is 2.13 bits per heavy atom. The fourth-order valence-electron chi connectivity index (χ4n) is 2.51. The SMILES string of the molecule is CCC(C)(CNC(=O)c1csc(NC(C)=O)n1)N1CCOCC1. The molecule has 1 unspecified atom stereocenters. The van der Waals surface area contributed by atoms with Crippen LogP contribution in [0.3, 0.4) is 0 Å². The Morgan fingerprint density at radius 1 is 1.43 bits per heavy atom. The lowest BCUT2D eigenvalue weighted by molar-refractivity contribution is -0.114. The van der Waals surface area contributed by atoms with Crippen molar-refractivity contribution in [3.05, 3.63) is 11.1 Å². The molecule has 0 saturated carbocycles. The van der Waals surface area contributed by atoms with Gasteiger partial charge < -0.3 is 15.4 Å². The van der Waals surface area contributed by atoms with Crippen LogP contribution in [0.25, 0.3) is 0 Å². The summed E-state index contributed by atoms with van der Waals surface area (Å²) in [6, 6.07) is 0. The van der Waals surface area contributed by atoms with Crippen molar-refractivity contribution < 1.29 is 14.3 Å². The van der Waals surface area contributed by atoms with Gasteiger partial charge in [-0.15, -0.1) is 11.3 Å². The lowest BCUT2D eigenvalue weighted by atomic mass is 9.95. The van der Waals surface area contributed by atoms with Gasteiger partial charge in [-0.25, -0.2) is 4.98 Å². The predicted molar refractivity (Wildman–Crippen MR) is 89.8 cm³/mol. The summed E-state index contributed by atoms with van der Waals surface area (Å²) >= 11 is 1.24. The summed E-state index contributed by atoms with van der Waals surface area (Å²) in [6.07, 6.45) is 0.932. The van der Waals surface area contributed by atoms with Crippen molar-refractivity contribution in [1.82, 2.24) is 15.2 Å². The first-order valence-corrected chi connectivity index (χ1v) is 8.66. The summed E-state index contributed by atoms with van der Waals surface area (Å²) in [4.78, 5) is 29.8. The molecule has 0 spiro atoms. The van der Waals surface area contributed by atoms with Crippen LogP contribution in [-0.4, -0.2) is 60.1 Å². The molecule has 0 aliphatic carbocycles. The Hall–Kier alpha value is -1.51. The number of rotatable bonds is 6. The minimum atomic E-state index is -0.217. The highest BCUT2D eigenvalue weighted by Gasteiger charge is 2.31. The summed E-state index contributed by atoms with van der Waals surface area (Å²) < 4.78 is 5.40. The summed E-state index contributed by atoms with van der Waals surface area (Å²) in [5.41, 5.74) is 0.231. The van der Waals surface area contributed by atoms with Gasteiger partial charge in [-0.05, 0) is 13.3 Å². The Bertz CT molecular complexity index is 557. The molecular weight excluding hydrogens is 316 g/mol. The second kappa shape index (κ2) is 7.85. The number of anilines is 1. The maximum absolute atomic E-state index is 12.3. The number of morpholine rings is 1. The Morgan fingerprint density at radius 3 is 2.74 bits per heavy atom. The van der Waals surface area contributed by atoms with E-state index in [0.29, 0.717) is 17.4 Å². The van der Waals surface area contributed by atoms with Crippen molar-refractivity contribution in [2.24, 2.45) is 0 Å². The van der Waals surface area contributed by atoms with Crippen LogP contribution in [0, 0.1) is 0 Å². The molecule has 1 atom stereocenters. The molecule has 0 bridgehead atoms. The van der Waals surface area contributed by atoms with Gasteiger partial charge in [0.1, 0.15) is 5.69 Å². The molecule has 1 aliphatic rings. The molecule has 2 heterocycles. The molecule has 2 rings (SSSR count). The lowest BCUT2D eigenvalue weighted by Crippen LogP contribution is -2.56. The van der Waals surface area contributed by atoms with Crippen LogP contribution in [0.5, 0.6) is 0 Å². The van der Waals surface area contributed by atoms with E-state index < -0.39 is 0 Å². The molecule has 2 amide bonds. The highest BCUT2D eigenvalue weighted by molar-refractivity contribution is 7.14. The molecule has 7 nitrogen and oxygen atoms in total. The minimum Gasteiger partial charge on any atom is -0.379 e. The van der Waals surface area contributed by atoms with Gasteiger partial charge in [-0.1, -0.05) is 6.92 Å². The molecule has 1 aliphatic heterocycles. The van der Waals surface area contributed by atoms with Crippen molar-refractivity contribution in [2.45, 2.75) is 32.7 Å². The zero-order valence-corrected chi connectivity index (χ0v) is 14.7. The third-order valence-electron chi connectivity index (χ3n) is 4.19. The van der Waals surface area contributed by atoms with Crippen molar-refractivity contribution in [3.63, 3.8) is 0 Å². The zero-order valence-electron chi connectivity index (χ0n) is 13.8. The van der Waals surface area contributed by atoms with E-state index in [2.05, 4.69) is 34.4 Å². The Balaban J connectivity index is 1.93. The second-order valence-corrected chi connectivity index (χ2v) is 6.71. The molecule has 1 aromatic heterocycles. The van der Waals surface area contributed by atoms with Gasteiger partial charge >= 0.3 is 0 Å². The van der Waals surface area contributed by atoms with Crippen LogP contribution < -0.4 is 10.6 Å². The van der Waals surface area contributed by atoms with Crippen molar-refractivity contribution >= 4 is 28.3 Å². The summed E-state index contributed by atoms with van der Waals surface area (Å²) in [6.45, 7) is 9.46. The van der Waals surface area contributed by atoms with E-state index in [0.717, 1.165) is 32.7 Å². The number of aromatic nitrogens is 1. The van der Waals surface area contributed by atoms with Crippen LogP contribution >= 0.6 is 11.3 Å². The fourth-order valence-corrected chi connectivity index (χ4v) is 3.25. The van der Waals surface area contributed by atoms with Crippen molar-refractivity contribution in [2.75, 3.05) is 38.2 Å². The number of thiazole rings is 1. The molecule has 128 valence electrons. The number of amides is 2. The standard InChI is InChI=1S/C15H24N4O3S/c1-4-15(3,19-5-7-22-8-6-19)10-16-13(21)12-9-23-14(18-12)17-11(2)20/h9H,4-8,10H2,1-3H3,(H,16,21)(H,17,18,20). The smallest absolute Gasteiger partial charge is 0.270 e. The van der Waals surface area contributed by atoms with E-state index in [4.69, 9.17) is 4.74 Å². The predicted octanol–water partition coefficient (Wildman–Crippen LogP) is 1.33. The van der Waals surface area contributed by atoms with E-state index in [-0.39, 0.29) is 17.4 Å². The molecule has 0 aromatic carbocycles. The van der Waals surface area contributed by atoms with Crippen LogP contribution in [0.4, 0.5) is 5.13 Å². The number of hydrogen-bond donors (Lipinski definition) is 2. The zero-order chi connectivity index (χ0) is 16.9. The third kappa shape index (κ3) is 4.73. The molecule has 0 radical (unpaired) electrons. The number of hydrogen-bond acceptors (Lipinski definition) is 6. The number of carbonyl (C=O) groups is 2. The normalized spacial score (nSPS) is 18.2. The maximum atomic E-state index is 12.3. The van der Waals surface area contributed by atoms with Gasteiger partial charge in [0.25, 0.3) is 5.91 Å². The highest BCUT2D eigenvalue weighted by Crippen LogP contribution is 2.20. The molecule has 8 heteroatoms. The fraction of sp³-hybridized carbons (Fsp3) is 0.667. The average Bonchev–Trinajstić information content (AvgIpc) is 3.01. The minimum absolute atomic E-state index is 0.101. The molecule has 1 fully saturated rings. The molecule has 2 N–H and O–H groups in total. The van der Waals surface area contributed by atoms with E-state index in [1.807, 2.05) is 0 Å². The maximum Gasteiger partial charge on any atom is 0.270 e. The van der Waals surface area contributed by atoms with E-state index in [9.17, 15) is 9.59 Å². The first-order valence-electron chi connectivity index (χ1n) is 7.79. The van der Waals surface area contributed by atoms with Gasteiger partial charge in [-0.2, -0.15) is 0 Å². The largest absolute Gasteiger partial charge is 0.379 e. The number of nitrogens with zero attached hydrogens (tertiary/aromatic N) is 2. The third-order valence-corrected chi connectivity index (χ3v) is 4.94. The van der Waals surface area contributed by atoms with E-state index >= 15 is 0 Å². The average molecular weight is 340 g/mol. The van der Waals surface area contributed by atoms with E-state index in [1.54, 1.807) is 5.38 Å². The topological polar surface area (TPSA) is 83.6 Å². The lowest BCUT2D eigenvalue weighted by Gasteiger charge is -2.43. The van der Waals surface area contributed by atoms with Crippen molar-refractivity contribution in [1.29, 1.82) is 0 Å². The van der Waals surface area contributed by atoms with Gasteiger partial charge in [-0.3, -0.25) is 14.5 Å². The van der Waals surface area contributed by atoms with Gasteiger partial charge in [0, 0.05) is 37.5 Å². The Kier molecular flexibility index (Phi) is 6.09. The first-order chi connectivity index (χ1) is 10.9. The highest BCUT2D eigenvalue weighted by atomic mass is 32.1. The number of carbonyl (C=O) groups excluding carboxylic acids is 2. The van der Waals surface area contributed by atoms with E-state index in [1.165, 1.54) is 18.3 Å². The van der Waals surface area contributed by atoms with Crippen LogP contribution in [0.15, 0.2) is 5.38 Å². The summed E-state index contributed by atoms with van der Waals surface area (Å²) in [5.74, 6) is -0.414. The quantitative estimate of drug-likeness (QED) is 0.816. The Labute approximate surface area is 140 Å². The van der Waals surface area contributed by atoms with Crippen LogP contribution in [-0.2, 0) is 9.53 Å². The first kappa shape index (κ1) is 17.8. The monoisotopic (exact) mass is 340 g/mol. The van der Waals surface area contributed by atoms with Gasteiger partial charge in [0.05, 0.1) is 13.2 Å². The van der Waals surface area contributed by atoms with Gasteiger partial charge in [0.2, 0.25) is 5.91 Å². The van der Waals surface area contributed by atoms with Crippen molar-refractivity contribution in [3.8, 4) is 0 Å². The second-order valence-electron chi connectivity index (χ2n) is 5.85. The summed E-state index contributed by atoms with van der Waals surface area (Å²) in [7, 11) is 0. The molecule has 1 aromatic rings. The van der Waals surface area contributed by atoms with Crippen LogP contribution in [0.1, 0.15) is 37.7 Å². The molecular formula is C15H24N4O3S. The number of ether oxygens (including phenoxy) is 1. The number of nitrogens with one attached hydrogen (secondary N) is 2. The summed E-state index contributed by atoms with van der Waals surface area (Å²) in [5, 5.41) is 7.64.